The van der Waals surface area contributed by atoms with Crippen LogP contribution in [0.25, 0.3) is 0 Å². The number of nitrogens with one attached hydrogen (secondary N) is 1. The summed E-state index contributed by atoms with van der Waals surface area (Å²) in [6, 6.07) is 4.68. The van der Waals surface area contributed by atoms with Crippen molar-refractivity contribution in [3.63, 3.8) is 0 Å². The molecule has 12 heteroatoms. The van der Waals surface area contributed by atoms with E-state index in [0.717, 1.165) is 18.6 Å². The summed E-state index contributed by atoms with van der Waals surface area (Å²) in [4.78, 5) is 28.3. The van der Waals surface area contributed by atoms with Crippen molar-refractivity contribution in [2.75, 3.05) is 50.8 Å². The van der Waals surface area contributed by atoms with E-state index in [1.54, 1.807) is 9.80 Å². The molecule has 0 bridgehead atoms. The Morgan fingerprint density at radius 2 is 1.76 bits per heavy atom. The Morgan fingerprint density at radius 3 is 2.35 bits per heavy atom. The van der Waals surface area contributed by atoms with Gasteiger partial charge < -0.3 is 19.9 Å². The second-order valence-electron chi connectivity index (χ2n) is 8.83. The highest BCUT2D eigenvalue weighted by atomic mass is 32.3. The zero-order valence-corrected chi connectivity index (χ0v) is 19.9. The van der Waals surface area contributed by atoms with Crippen LogP contribution < -0.4 is 5.32 Å². The summed E-state index contributed by atoms with van der Waals surface area (Å²) in [7, 11) is -2.66. The molecule has 2 saturated heterocycles. The van der Waals surface area contributed by atoms with E-state index in [-0.39, 0.29) is 49.1 Å². The highest BCUT2D eigenvalue weighted by Crippen LogP contribution is 2.41. The molecular weight excluding hydrogens is 475 g/mol. The number of alkyl halides is 3. The van der Waals surface area contributed by atoms with Crippen molar-refractivity contribution in [1.82, 2.24) is 15.1 Å². The molecule has 3 N–H and O–H groups in total. The number of amides is 3. The van der Waals surface area contributed by atoms with Gasteiger partial charge in [0, 0.05) is 44.6 Å². The van der Waals surface area contributed by atoms with E-state index in [0.29, 0.717) is 31.6 Å². The average molecular weight is 508 g/mol. The van der Waals surface area contributed by atoms with Gasteiger partial charge in [-0.15, -0.1) is 0 Å². The average Bonchev–Trinajstić information content (AvgIpc) is 2.80. The molecule has 0 radical (unpaired) electrons. The van der Waals surface area contributed by atoms with Crippen molar-refractivity contribution in [3.05, 3.63) is 35.4 Å². The first kappa shape index (κ1) is 26.4. The number of piperidine rings is 1. The lowest BCUT2D eigenvalue weighted by atomic mass is 9.84. The van der Waals surface area contributed by atoms with E-state index in [1.807, 2.05) is 6.92 Å². The number of hydrogen-bond acceptors (Lipinski definition) is 5. The number of rotatable bonds is 5. The normalized spacial score (nSPS) is 23.8. The highest BCUT2D eigenvalue weighted by Gasteiger charge is 2.36. The van der Waals surface area contributed by atoms with Crippen LogP contribution in [0.1, 0.15) is 36.8 Å². The van der Waals surface area contributed by atoms with Crippen molar-refractivity contribution in [2.24, 2.45) is 5.92 Å². The van der Waals surface area contributed by atoms with Gasteiger partial charge in [0.15, 0.2) is 0 Å². The largest absolute Gasteiger partial charge is 0.449 e. The number of nitrogens with zero attached hydrogens (tertiary/aromatic N) is 2. The Morgan fingerprint density at radius 1 is 1.12 bits per heavy atom. The molecule has 2 unspecified atom stereocenters. The molecule has 0 saturated carbocycles. The summed E-state index contributed by atoms with van der Waals surface area (Å²) < 4.78 is 63.9. The van der Waals surface area contributed by atoms with Crippen LogP contribution in [0, 0.1) is 5.92 Å². The maximum absolute atomic E-state index is 13.2. The zero-order chi connectivity index (χ0) is 24.9. The van der Waals surface area contributed by atoms with Crippen molar-refractivity contribution in [1.29, 1.82) is 0 Å². The van der Waals surface area contributed by atoms with Crippen molar-refractivity contribution in [2.45, 2.75) is 31.9 Å². The minimum atomic E-state index is -4.43. The van der Waals surface area contributed by atoms with Gasteiger partial charge in [-0.3, -0.25) is 9.11 Å². The number of hydrogen-bond donors (Lipinski definition) is 3. The van der Waals surface area contributed by atoms with Gasteiger partial charge >= 0.3 is 18.3 Å². The minimum absolute atomic E-state index is 0.0804. The maximum Gasteiger partial charge on any atom is 0.416 e. The molecule has 2 atom stereocenters. The number of carbonyl (C=O) groups excluding carboxylic acids is 2. The fourth-order valence-electron chi connectivity index (χ4n) is 4.26. The van der Waals surface area contributed by atoms with Gasteiger partial charge in [-0.1, -0.05) is 19.1 Å². The molecule has 0 spiro atoms. The number of alkyl carbamates (subject to hydrolysis) is 1. The maximum atomic E-state index is 13.2. The Hall–Kier alpha value is -2.18. The molecule has 1 aromatic rings. The first-order chi connectivity index (χ1) is 16.0. The predicted molar refractivity (Wildman–Crippen MR) is 123 cm³/mol. The van der Waals surface area contributed by atoms with Crippen LogP contribution in [0.2, 0.25) is 0 Å². The van der Waals surface area contributed by atoms with Gasteiger partial charge in [0.25, 0.3) is 0 Å². The predicted octanol–water partition coefficient (Wildman–Crippen LogP) is 4.43. The van der Waals surface area contributed by atoms with Gasteiger partial charge in [-0.2, -0.15) is 23.8 Å². The molecule has 0 aromatic heterocycles. The van der Waals surface area contributed by atoms with E-state index < -0.39 is 28.4 Å². The van der Waals surface area contributed by atoms with Gasteiger partial charge in [-0.25, -0.2) is 9.59 Å². The highest BCUT2D eigenvalue weighted by molar-refractivity contribution is 8.24. The van der Waals surface area contributed by atoms with E-state index >= 15 is 0 Å². The third-order valence-corrected chi connectivity index (χ3v) is 7.81. The zero-order valence-electron chi connectivity index (χ0n) is 19.1. The number of halogens is 3. The standard InChI is InChI=1S/C22H32F3N3O5S/c1-2-7-26-20(29)33-15-16-12-18(17-3-5-19(6-4-17)22(23,24)25)14-28(13-16)21(30)27-8-10-34(31,32)11-9-27/h3-6,16,18,31-32H,2,7-15H2,1H3,(H,26,29). The molecule has 34 heavy (non-hydrogen) atoms. The van der Waals surface area contributed by atoms with Crippen LogP contribution in [-0.4, -0.2) is 81.9 Å². The summed E-state index contributed by atoms with van der Waals surface area (Å²) in [6.07, 6.45) is -3.66. The lowest BCUT2D eigenvalue weighted by molar-refractivity contribution is -0.137. The van der Waals surface area contributed by atoms with Crippen LogP contribution in [-0.2, 0) is 10.9 Å². The molecule has 2 fully saturated rings. The van der Waals surface area contributed by atoms with E-state index in [2.05, 4.69) is 5.32 Å². The first-order valence-electron chi connectivity index (χ1n) is 11.3. The van der Waals surface area contributed by atoms with E-state index in [9.17, 15) is 31.9 Å². The van der Waals surface area contributed by atoms with Crippen LogP contribution in [0.3, 0.4) is 0 Å². The fourth-order valence-corrected chi connectivity index (χ4v) is 5.49. The molecule has 1 aromatic carbocycles. The molecule has 3 amide bonds. The molecule has 2 aliphatic heterocycles. The minimum Gasteiger partial charge on any atom is -0.449 e. The van der Waals surface area contributed by atoms with E-state index in [4.69, 9.17) is 4.74 Å². The smallest absolute Gasteiger partial charge is 0.416 e. The summed E-state index contributed by atoms with van der Waals surface area (Å²) in [5.74, 6) is -0.169. The third-order valence-electron chi connectivity index (χ3n) is 6.13. The Balaban J connectivity index is 1.72. The quantitative estimate of drug-likeness (QED) is 0.547. The fraction of sp³-hybridized carbons (Fsp3) is 0.636. The molecule has 2 aliphatic rings. The molecule has 3 rings (SSSR count). The number of urea groups is 1. The second-order valence-corrected chi connectivity index (χ2v) is 11.2. The molecule has 0 aliphatic carbocycles. The summed E-state index contributed by atoms with van der Waals surface area (Å²) in [5.41, 5.74) is -0.0569. The van der Waals surface area contributed by atoms with Crippen LogP contribution in [0.5, 0.6) is 0 Å². The molecule has 192 valence electrons. The number of likely N-dealkylation sites (tertiary alicyclic amines) is 1. The van der Waals surface area contributed by atoms with Gasteiger partial charge in [0.2, 0.25) is 0 Å². The number of ether oxygens (including phenoxy) is 1. The molecule has 8 nitrogen and oxygen atoms in total. The lowest BCUT2D eigenvalue weighted by Crippen LogP contribution is -2.53. The number of benzene rings is 1. The van der Waals surface area contributed by atoms with Gasteiger partial charge in [-0.05, 0) is 30.5 Å². The SMILES string of the molecule is CCCNC(=O)OCC1CC(c2ccc(C(F)(F)F)cc2)CN(C(=O)N2CCS(O)(O)CC2)C1. The van der Waals surface area contributed by atoms with Crippen molar-refractivity contribution < 1.29 is 36.6 Å². The summed E-state index contributed by atoms with van der Waals surface area (Å²) >= 11 is 0. The topological polar surface area (TPSA) is 102 Å². The molecular formula is C22H32F3N3O5S. The van der Waals surface area contributed by atoms with Crippen LogP contribution in [0.4, 0.5) is 22.8 Å². The van der Waals surface area contributed by atoms with E-state index in [1.165, 1.54) is 12.1 Å². The molecule has 2 heterocycles. The Labute approximate surface area is 198 Å². The van der Waals surface area contributed by atoms with Gasteiger partial charge in [0.05, 0.1) is 23.7 Å². The summed E-state index contributed by atoms with van der Waals surface area (Å²) in [5, 5.41) is 2.63. The third kappa shape index (κ3) is 7.16. The number of carbonyl (C=O) groups is 2. The second kappa shape index (κ2) is 11.0. The summed E-state index contributed by atoms with van der Waals surface area (Å²) in [6.45, 7) is 3.58. The lowest BCUT2D eigenvalue weighted by Gasteiger charge is -2.44. The Kier molecular flexibility index (Phi) is 8.58. The van der Waals surface area contributed by atoms with Crippen LogP contribution >= 0.6 is 10.6 Å². The Bertz CT molecular complexity index is 843. The van der Waals surface area contributed by atoms with Crippen molar-refractivity contribution >= 4 is 22.7 Å². The van der Waals surface area contributed by atoms with Gasteiger partial charge in [0.1, 0.15) is 0 Å². The first-order valence-corrected chi connectivity index (χ1v) is 13.2. The van der Waals surface area contributed by atoms with Crippen LogP contribution in [0.15, 0.2) is 24.3 Å². The van der Waals surface area contributed by atoms with Crippen molar-refractivity contribution in [3.8, 4) is 0 Å². The monoisotopic (exact) mass is 507 g/mol.